The van der Waals surface area contributed by atoms with Crippen molar-refractivity contribution < 1.29 is 12.8 Å². The largest absolute Gasteiger partial charge is 0.424 e. The van der Waals surface area contributed by atoms with E-state index >= 15 is 0 Å². The first-order valence-corrected chi connectivity index (χ1v) is 12.5. The van der Waals surface area contributed by atoms with E-state index in [1.165, 1.54) is 0 Å². The summed E-state index contributed by atoms with van der Waals surface area (Å²) >= 11 is 9.61. The molecule has 1 aliphatic rings. The van der Waals surface area contributed by atoms with Gasteiger partial charge in [-0.2, -0.15) is 0 Å². The number of nitrogens with zero attached hydrogens (tertiary/aromatic N) is 2. The molecule has 1 aliphatic carbocycles. The van der Waals surface area contributed by atoms with Gasteiger partial charge in [0.05, 0.1) is 4.90 Å². The Morgan fingerprint density at radius 1 is 1.19 bits per heavy atom. The normalized spacial score (nSPS) is 18.3. The van der Waals surface area contributed by atoms with Crippen LogP contribution in [-0.2, 0) is 27.4 Å². The SMILES string of the molecule is Cc1nnc(C(C)([C@@H]2Cc3[nH]c4ccc(Cl)cc4c3C2)S(=O)(=O)c2cccc(Br)c2)o1. The number of aromatic amines is 1. The van der Waals surface area contributed by atoms with Crippen molar-refractivity contribution in [1.82, 2.24) is 15.2 Å². The molecule has 2 aromatic heterocycles. The van der Waals surface area contributed by atoms with Crippen LogP contribution in [0, 0.1) is 12.8 Å². The lowest BCUT2D eigenvalue weighted by molar-refractivity contribution is 0.316. The number of rotatable bonds is 4. The summed E-state index contributed by atoms with van der Waals surface area (Å²) in [5.41, 5.74) is 3.11. The second-order valence-electron chi connectivity index (χ2n) is 8.07. The number of benzene rings is 2. The molecule has 5 rings (SSSR count). The number of aryl methyl sites for hydroxylation is 1. The van der Waals surface area contributed by atoms with Crippen LogP contribution in [0.2, 0.25) is 5.02 Å². The summed E-state index contributed by atoms with van der Waals surface area (Å²) in [6, 6.07) is 12.4. The number of aromatic nitrogens is 3. The lowest BCUT2D eigenvalue weighted by Gasteiger charge is -2.32. The van der Waals surface area contributed by atoms with Crippen molar-refractivity contribution in [2.75, 3.05) is 0 Å². The highest BCUT2D eigenvalue weighted by molar-refractivity contribution is 9.10. The maximum Gasteiger partial charge on any atom is 0.238 e. The monoisotopic (exact) mass is 519 g/mol. The van der Waals surface area contributed by atoms with Crippen molar-refractivity contribution in [2.45, 2.75) is 36.3 Å². The van der Waals surface area contributed by atoms with Crippen molar-refractivity contribution in [3.05, 3.63) is 75.0 Å². The van der Waals surface area contributed by atoms with Crippen LogP contribution >= 0.6 is 27.5 Å². The molecule has 9 heteroatoms. The summed E-state index contributed by atoms with van der Waals surface area (Å²) < 4.78 is 33.1. The molecule has 2 atom stereocenters. The van der Waals surface area contributed by atoms with E-state index in [-0.39, 0.29) is 16.7 Å². The lowest BCUT2D eigenvalue weighted by Crippen LogP contribution is -2.41. The number of nitrogens with one attached hydrogen (secondary N) is 1. The minimum Gasteiger partial charge on any atom is -0.424 e. The van der Waals surface area contributed by atoms with Crippen LogP contribution in [0.5, 0.6) is 0 Å². The molecule has 1 N–H and O–H groups in total. The molecule has 6 nitrogen and oxygen atoms in total. The van der Waals surface area contributed by atoms with Gasteiger partial charge in [0.25, 0.3) is 0 Å². The zero-order valence-corrected chi connectivity index (χ0v) is 20.0. The number of fused-ring (bicyclic) bond motifs is 3. The Balaban J connectivity index is 1.66. The van der Waals surface area contributed by atoms with Crippen LogP contribution in [-0.4, -0.2) is 23.6 Å². The van der Waals surface area contributed by atoms with Gasteiger partial charge in [-0.3, -0.25) is 0 Å². The standard InChI is InChI=1S/C22H19BrClN3O3S/c1-12-26-27-21(30-12)22(2,31(28,29)16-5-3-4-14(23)10-16)13-8-17-18-11-15(24)6-7-19(18)25-20(17)9-13/h3-7,10-11,13,25H,8-9H2,1-2H3/t13-,22?/m0/s1. The molecule has 1 unspecified atom stereocenters. The molecule has 0 aliphatic heterocycles. The van der Waals surface area contributed by atoms with E-state index in [0.717, 1.165) is 22.2 Å². The maximum atomic E-state index is 14.0. The number of halogens is 2. The van der Waals surface area contributed by atoms with Gasteiger partial charge in [0.2, 0.25) is 11.8 Å². The third-order valence-electron chi connectivity index (χ3n) is 6.25. The minimum atomic E-state index is -3.87. The smallest absolute Gasteiger partial charge is 0.238 e. The second kappa shape index (κ2) is 7.18. The average Bonchev–Trinajstić information content (AvgIpc) is 3.42. The van der Waals surface area contributed by atoms with Crippen LogP contribution < -0.4 is 0 Å². The summed E-state index contributed by atoms with van der Waals surface area (Å²) in [4.78, 5) is 3.65. The first kappa shape index (κ1) is 20.7. The Hall–Kier alpha value is -2.16. The van der Waals surface area contributed by atoms with Gasteiger partial charge in [-0.1, -0.05) is 33.6 Å². The fourth-order valence-corrected chi connectivity index (χ4v) is 7.19. The van der Waals surface area contributed by atoms with Crippen LogP contribution in [0.4, 0.5) is 0 Å². The third-order valence-corrected chi connectivity index (χ3v) is 9.48. The molecule has 2 heterocycles. The lowest BCUT2D eigenvalue weighted by atomic mass is 9.89. The van der Waals surface area contributed by atoms with Gasteiger partial charge < -0.3 is 9.40 Å². The summed E-state index contributed by atoms with van der Waals surface area (Å²) in [7, 11) is -3.87. The molecule has 31 heavy (non-hydrogen) atoms. The summed E-state index contributed by atoms with van der Waals surface area (Å²) in [5.74, 6) is 0.155. The van der Waals surface area contributed by atoms with Gasteiger partial charge in [-0.05, 0) is 67.6 Å². The van der Waals surface area contributed by atoms with Crippen molar-refractivity contribution in [1.29, 1.82) is 0 Å². The van der Waals surface area contributed by atoms with E-state index in [9.17, 15) is 8.42 Å². The van der Waals surface area contributed by atoms with E-state index in [2.05, 4.69) is 31.1 Å². The third kappa shape index (κ3) is 3.15. The predicted octanol–water partition coefficient (Wildman–Crippen LogP) is 5.38. The Bertz CT molecular complexity index is 1430. The van der Waals surface area contributed by atoms with Gasteiger partial charge in [-0.15, -0.1) is 10.2 Å². The van der Waals surface area contributed by atoms with Gasteiger partial charge in [0, 0.05) is 33.0 Å². The van der Waals surface area contributed by atoms with Crippen molar-refractivity contribution in [3.8, 4) is 0 Å². The number of H-pyrrole nitrogens is 1. The number of sulfone groups is 1. The first-order chi connectivity index (χ1) is 14.7. The fraction of sp³-hybridized carbons (Fsp3) is 0.273. The fourth-order valence-electron chi connectivity index (χ4n) is 4.52. The van der Waals surface area contributed by atoms with Gasteiger partial charge in [0.1, 0.15) is 0 Å². The average molecular weight is 521 g/mol. The molecular formula is C22H19BrClN3O3S. The molecule has 0 fully saturated rings. The van der Waals surface area contributed by atoms with Crippen LogP contribution in [0.1, 0.15) is 30.0 Å². The summed E-state index contributed by atoms with van der Waals surface area (Å²) in [6.45, 7) is 3.36. The number of hydrogen-bond donors (Lipinski definition) is 1. The molecule has 2 aromatic carbocycles. The highest BCUT2D eigenvalue weighted by Gasteiger charge is 2.54. The molecule has 0 amide bonds. The maximum absolute atomic E-state index is 14.0. The van der Waals surface area contributed by atoms with E-state index in [1.807, 2.05) is 18.2 Å². The molecule has 0 spiro atoms. The van der Waals surface area contributed by atoms with Gasteiger partial charge >= 0.3 is 0 Å². The van der Waals surface area contributed by atoms with Crippen molar-refractivity contribution in [3.63, 3.8) is 0 Å². The Morgan fingerprint density at radius 3 is 2.71 bits per heavy atom. The molecule has 0 bridgehead atoms. The molecule has 0 saturated heterocycles. The van der Waals surface area contributed by atoms with E-state index in [0.29, 0.717) is 28.2 Å². The molecule has 160 valence electrons. The molecular weight excluding hydrogens is 502 g/mol. The quantitative estimate of drug-likeness (QED) is 0.390. The summed E-state index contributed by atoms with van der Waals surface area (Å²) in [6.07, 6.45) is 1.10. The zero-order chi connectivity index (χ0) is 22.0. The van der Waals surface area contributed by atoms with Crippen molar-refractivity contribution >= 4 is 48.3 Å². The highest BCUT2D eigenvalue weighted by atomic mass is 79.9. The van der Waals surface area contributed by atoms with Crippen LogP contribution in [0.15, 0.2) is 56.2 Å². The minimum absolute atomic E-state index is 0.113. The van der Waals surface area contributed by atoms with Crippen molar-refractivity contribution in [2.24, 2.45) is 5.92 Å². The van der Waals surface area contributed by atoms with E-state index in [1.54, 1.807) is 38.1 Å². The Morgan fingerprint density at radius 2 is 2.00 bits per heavy atom. The molecule has 0 saturated carbocycles. The predicted molar refractivity (Wildman–Crippen MR) is 122 cm³/mol. The second-order valence-corrected chi connectivity index (χ2v) is 11.7. The van der Waals surface area contributed by atoms with E-state index < -0.39 is 14.6 Å². The van der Waals surface area contributed by atoms with E-state index in [4.69, 9.17) is 16.0 Å². The zero-order valence-electron chi connectivity index (χ0n) is 16.8. The Labute approximate surface area is 193 Å². The number of hydrogen-bond acceptors (Lipinski definition) is 5. The van der Waals surface area contributed by atoms with Gasteiger partial charge in [0.15, 0.2) is 14.6 Å². The Kier molecular flexibility index (Phi) is 4.80. The molecule has 0 radical (unpaired) electrons. The topological polar surface area (TPSA) is 88.9 Å². The van der Waals surface area contributed by atoms with Gasteiger partial charge in [-0.25, -0.2) is 8.42 Å². The highest BCUT2D eigenvalue weighted by Crippen LogP contribution is 2.48. The molecule has 4 aromatic rings. The summed E-state index contributed by atoms with van der Waals surface area (Å²) in [5, 5.41) is 9.76. The van der Waals surface area contributed by atoms with Crippen LogP contribution in [0.3, 0.4) is 0 Å². The first-order valence-electron chi connectivity index (χ1n) is 9.80. The van der Waals surface area contributed by atoms with Crippen LogP contribution in [0.25, 0.3) is 10.9 Å².